The van der Waals surface area contributed by atoms with E-state index in [-0.39, 0.29) is 29.6 Å². The van der Waals surface area contributed by atoms with Gasteiger partial charge in [0.15, 0.2) is 0 Å². The lowest BCUT2D eigenvalue weighted by Crippen LogP contribution is -2.34. The van der Waals surface area contributed by atoms with Crippen molar-refractivity contribution >= 4 is 56.8 Å². The summed E-state index contributed by atoms with van der Waals surface area (Å²) >= 11 is 3.42. The molecule has 0 saturated carbocycles. The highest BCUT2D eigenvalue weighted by molar-refractivity contribution is 9.10. The molecule has 39 heavy (non-hydrogen) atoms. The smallest absolute Gasteiger partial charge is 0.248 e. The fraction of sp³-hybridized carbons (Fsp3) is 0.258. The van der Waals surface area contributed by atoms with Crippen LogP contribution >= 0.6 is 15.9 Å². The minimum Gasteiger partial charge on any atom is -0.397 e. The lowest BCUT2D eigenvalue weighted by atomic mass is 9.84. The average molecular weight is 590 g/mol. The molecule has 4 N–H and O–H groups in total. The molecule has 3 amide bonds. The number of hydrogen-bond acceptors (Lipinski definition) is 4. The largest absolute Gasteiger partial charge is 0.397 e. The lowest BCUT2D eigenvalue weighted by molar-refractivity contribution is -0.133. The molecular formula is C31H33BrN4O3. The van der Waals surface area contributed by atoms with Crippen LogP contribution in [0.2, 0.25) is 0 Å². The highest BCUT2D eigenvalue weighted by atomic mass is 79.9. The summed E-state index contributed by atoms with van der Waals surface area (Å²) in [5.41, 5.74) is 9.36. The van der Waals surface area contributed by atoms with E-state index in [1.165, 1.54) is 6.08 Å². The van der Waals surface area contributed by atoms with Gasteiger partial charge in [0, 0.05) is 35.2 Å². The fourth-order valence-corrected chi connectivity index (χ4v) is 5.05. The Labute approximate surface area is 237 Å². The standard InChI is InChI=1S/C31H33BrN4O3/c1-20(2)31(39)36-18-17-23(19-36)29(30(38)34-25-14-12-24(32)13-15-25)22-10-7-21(8-11-22)9-16-28(37)35-27-6-4-3-5-26(27)33/h3-16,20,23,29H,17-19,33H2,1-2H3,(H,34,38)(H,35,37). The van der Waals surface area contributed by atoms with E-state index in [2.05, 4.69) is 26.6 Å². The number of carbonyl (C=O) groups is 3. The second kappa shape index (κ2) is 12.8. The number of amides is 3. The third-order valence-electron chi connectivity index (χ3n) is 6.84. The van der Waals surface area contributed by atoms with E-state index in [0.29, 0.717) is 30.2 Å². The summed E-state index contributed by atoms with van der Waals surface area (Å²) in [6.07, 6.45) is 3.92. The second-order valence-electron chi connectivity index (χ2n) is 10.0. The number of para-hydroxylation sites is 2. The maximum Gasteiger partial charge on any atom is 0.248 e. The first kappa shape index (κ1) is 28.1. The van der Waals surface area contributed by atoms with Crippen LogP contribution < -0.4 is 16.4 Å². The lowest BCUT2D eigenvalue weighted by Gasteiger charge is -2.25. The number of carbonyl (C=O) groups excluding carboxylic acids is 3. The maximum atomic E-state index is 13.6. The molecule has 0 spiro atoms. The zero-order valence-corrected chi connectivity index (χ0v) is 23.6. The molecular weight excluding hydrogens is 556 g/mol. The number of nitrogen functional groups attached to an aromatic ring is 1. The first-order valence-corrected chi connectivity index (χ1v) is 13.8. The van der Waals surface area contributed by atoms with Crippen LogP contribution in [-0.4, -0.2) is 35.7 Å². The van der Waals surface area contributed by atoms with E-state index in [9.17, 15) is 14.4 Å². The van der Waals surface area contributed by atoms with Gasteiger partial charge in [-0.2, -0.15) is 0 Å². The molecule has 0 aliphatic carbocycles. The van der Waals surface area contributed by atoms with Crippen molar-refractivity contribution in [1.82, 2.24) is 4.90 Å². The summed E-state index contributed by atoms with van der Waals surface area (Å²) in [7, 11) is 0. The van der Waals surface area contributed by atoms with Crippen molar-refractivity contribution in [2.75, 3.05) is 29.5 Å². The number of nitrogens with two attached hydrogens (primary N) is 1. The van der Waals surface area contributed by atoms with E-state index >= 15 is 0 Å². The molecule has 1 saturated heterocycles. The number of likely N-dealkylation sites (tertiary alicyclic amines) is 1. The van der Waals surface area contributed by atoms with E-state index in [1.807, 2.05) is 67.3 Å². The Balaban J connectivity index is 1.51. The highest BCUT2D eigenvalue weighted by Gasteiger charge is 2.37. The number of hydrogen-bond donors (Lipinski definition) is 3. The SMILES string of the molecule is CC(C)C(=O)N1CCC(C(C(=O)Nc2ccc(Br)cc2)c2ccc(C=CC(=O)Nc3ccccc3N)cc2)C1. The Morgan fingerprint density at radius 2 is 1.67 bits per heavy atom. The monoisotopic (exact) mass is 588 g/mol. The van der Waals surface area contributed by atoms with Crippen molar-refractivity contribution in [3.8, 4) is 0 Å². The average Bonchev–Trinajstić information content (AvgIpc) is 3.40. The Kier molecular flexibility index (Phi) is 9.19. The van der Waals surface area contributed by atoms with Gasteiger partial charge in [0.05, 0.1) is 17.3 Å². The van der Waals surface area contributed by atoms with Crippen molar-refractivity contribution in [2.45, 2.75) is 26.2 Å². The minimum absolute atomic E-state index is 0.00773. The van der Waals surface area contributed by atoms with Gasteiger partial charge in [-0.3, -0.25) is 14.4 Å². The topological polar surface area (TPSA) is 105 Å². The van der Waals surface area contributed by atoms with Crippen LogP contribution in [0.25, 0.3) is 6.08 Å². The van der Waals surface area contributed by atoms with Crippen LogP contribution in [0.1, 0.15) is 37.3 Å². The van der Waals surface area contributed by atoms with Crippen LogP contribution in [-0.2, 0) is 14.4 Å². The summed E-state index contributed by atoms with van der Waals surface area (Å²) in [4.78, 5) is 40.4. The molecule has 1 heterocycles. The van der Waals surface area contributed by atoms with Crippen LogP contribution in [0.5, 0.6) is 0 Å². The number of nitrogens with zero attached hydrogens (tertiary/aromatic N) is 1. The predicted octanol–water partition coefficient (Wildman–Crippen LogP) is 5.91. The molecule has 3 aromatic rings. The molecule has 7 nitrogen and oxygen atoms in total. The maximum absolute atomic E-state index is 13.6. The number of benzene rings is 3. The molecule has 3 aromatic carbocycles. The van der Waals surface area contributed by atoms with Crippen LogP contribution in [0.4, 0.5) is 17.1 Å². The van der Waals surface area contributed by atoms with Crippen molar-refractivity contribution in [1.29, 1.82) is 0 Å². The number of nitrogens with one attached hydrogen (secondary N) is 2. The molecule has 1 fully saturated rings. The minimum atomic E-state index is -0.430. The van der Waals surface area contributed by atoms with Gasteiger partial charge in [-0.05, 0) is 65.9 Å². The normalized spacial score (nSPS) is 15.9. The molecule has 0 radical (unpaired) electrons. The highest BCUT2D eigenvalue weighted by Crippen LogP contribution is 2.34. The van der Waals surface area contributed by atoms with Gasteiger partial charge in [-0.1, -0.05) is 66.2 Å². The van der Waals surface area contributed by atoms with Gasteiger partial charge < -0.3 is 21.3 Å². The zero-order chi connectivity index (χ0) is 27.9. The van der Waals surface area contributed by atoms with Crippen LogP contribution in [0, 0.1) is 11.8 Å². The van der Waals surface area contributed by atoms with E-state index in [4.69, 9.17) is 5.73 Å². The quantitative estimate of drug-likeness (QED) is 0.225. The number of halogens is 1. The number of rotatable bonds is 8. The summed E-state index contributed by atoms with van der Waals surface area (Å²) in [5, 5.41) is 5.82. The van der Waals surface area contributed by atoms with Gasteiger partial charge in [-0.25, -0.2) is 0 Å². The van der Waals surface area contributed by atoms with Crippen LogP contribution in [0.15, 0.2) is 83.3 Å². The first-order valence-electron chi connectivity index (χ1n) is 13.0. The van der Waals surface area contributed by atoms with Crippen molar-refractivity contribution < 1.29 is 14.4 Å². The first-order chi connectivity index (χ1) is 18.7. The summed E-state index contributed by atoms with van der Waals surface area (Å²) < 4.78 is 0.931. The predicted molar refractivity (Wildman–Crippen MR) is 160 cm³/mol. The van der Waals surface area contributed by atoms with Gasteiger partial charge in [0.25, 0.3) is 0 Å². The van der Waals surface area contributed by atoms with E-state index in [0.717, 1.165) is 22.0 Å². The molecule has 0 bridgehead atoms. The fourth-order valence-electron chi connectivity index (χ4n) is 4.79. The second-order valence-corrected chi connectivity index (χ2v) is 11.0. The zero-order valence-electron chi connectivity index (χ0n) is 22.1. The molecule has 1 aliphatic heterocycles. The summed E-state index contributed by atoms with van der Waals surface area (Å²) in [5.74, 6) is -0.803. The van der Waals surface area contributed by atoms with E-state index < -0.39 is 5.92 Å². The summed E-state index contributed by atoms with van der Waals surface area (Å²) in [6, 6.07) is 22.2. The molecule has 2 unspecified atom stereocenters. The Bertz CT molecular complexity index is 1350. The van der Waals surface area contributed by atoms with E-state index in [1.54, 1.807) is 30.3 Å². The van der Waals surface area contributed by atoms with Gasteiger partial charge in [0.2, 0.25) is 17.7 Å². The molecule has 4 rings (SSSR count). The van der Waals surface area contributed by atoms with Gasteiger partial charge >= 0.3 is 0 Å². The van der Waals surface area contributed by atoms with Crippen molar-refractivity contribution in [3.05, 3.63) is 94.5 Å². The third-order valence-corrected chi connectivity index (χ3v) is 7.37. The molecule has 1 aliphatic rings. The van der Waals surface area contributed by atoms with Gasteiger partial charge in [0.1, 0.15) is 0 Å². The van der Waals surface area contributed by atoms with Crippen molar-refractivity contribution in [2.24, 2.45) is 11.8 Å². The Morgan fingerprint density at radius 3 is 2.33 bits per heavy atom. The third kappa shape index (κ3) is 7.35. The Hall–Kier alpha value is -3.91. The Morgan fingerprint density at radius 1 is 0.974 bits per heavy atom. The number of anilines is 3. The summed E-state index contributed by atoms with van der Waals surface area (Å²) in [6.45, 7) is 4.98. The molecule has 202 valence electrons. The molecule has 0 aromatic heterocycles. The molecule has 2 atom stereocenters. The van der Waals surface area contributed by atoms with Crippen LogP contribution in [0.3, 0.4) is 0 Å². The molecule has 8 heteroatoms. The van der Waals surface area contributed by atoms with Gasteiger partial charge in [-0.15, -0.1) is 0 Å². The van der Waals surface area contributed by atoms with Crippen molar-refractivity contribution in [3.63, 3.8) is 0 Å².